The summed E-state index contributed by atoms with van der Waals surface area (Å²) in [5, 5.41) is 0. The summed E-state index contributed by atoms with van der Waals surface area (Å²) in [6.45, 7) is 0. The standard InChI is InChI=1S/C9H11NSe/c1-10-7-11(2)9-6-4-3-5-8(9)10/h3-6H,2,7H2,1H3. The van der Waals surface area contributed by atoms with E-state index in [1.54, 1.807) is 0 Å². The summed E-state index contributed by atoms with van der Waals surface area (Å²) in [6, 6.07) is 8.61. The molecular formula is C9H11NSe. The van der Waals surface area contributed by atoms with Crippen molar-refractivity contribution in [3.63, 3.8) is 0 Å². The van der Waals surface area contributed by atoms with Crippen molar-refractivity contribution >= 4 is 29.0 Å². The molecule has 1 aliphatic heterocycles. The topological polar surface area (TPSA) is 3.24 Å². The van der Waals surface area contributed by atoms with Crippen LogP contribution in [0.5, 0.6) is 0 Å². The van der Waals surface area contributed by atoms with Crippen molar-refractivity contribution in [3.05, 3.63) is 24.3 Å². The minimum atomic E-state index is -0.701. The second kappa shape index (κ2) is 2.47. The van der Waals surface area contributed by atoms with Crippen molar-refractivity contribution in [2.24, 2.45) is 0 Å². The van der Waals surface area contributed by atoms with Crippen LogP contribution in [0.4, 0.5) is 5.69 Å². The van der Waals surface area contributed by atoms with Crippen LogP contribution in [0, 0.1) is 0 Å². The van der Waals surface area contributed by atoms with Crippen LogP contribution in [0.25, 0.3) is 0 Å². The van der Waals surface area contributed by atoms with Gasteiger partial charge < -0.3 is 0 Å². The Morgan fingerprint density at radius 2 is 2.18 bits per heavy atom. The molecule has 0 radical (unpaired) electrons. The molecule has 0 saturated carbocycles. The van der Waals surface area contributed by atoms with Crippen LogP contribution >= 0.6 is 0 Å². The van der Waals surface area contributed by atoms with Gasteiger partial charge in [-0.1, -0.05) is 0 Å². The predicted molar refractivity (Wildman–Crippen MR) is 52.2 cm³/mol. The van der Waals surface area contributed by atoms with Crippen molar-refractivity contribution in [3.8, 4) is 0 Å². The first kappa shape index (κ1) is 7.08. The number of anilines is 1. The van der Waals surface area contributed by atoms with Gasteiger partial charge in [0.05, 0.1) is 0 Å². The van der Waals surface area contributed by atoms with Crippen molar-refractivity contribution in [1.82, 2.24) is 0 Å². The van der Waals surface area contributed by atoms with Gasteiger partial charge in [-0.25, -0.2) is 0 Å². The number of nitrogens with zero attached hydrogens (tertiary/aromatic N) is 1. The summed E-state index contributed by atoms with van der Waals surface area (Å²) >= 11 is -0.701. The van der Waals surface area contributed by atoms with E-state index in [4.69, 9.17) is 0 Å². The Labute approximate surface area is 71.1 Å². The molecule has 1 aliphatic rings. The quantitative estimate of drug-likeness (QED) is 0.562. The van der Waals surface area contributed by atoms with Gasteiger partial charge in [0.1, 0.15) is 0 Å². The zero-order chi connectivity index (χ0) is 7.84. The zero-order valence-corrected chi connectivity index (χ0v) is 8.29. The number of fused-ring (bicyclic) bond motifs is 1. The fourth-order valence-electron chi connectivity index (χ4n) is 1.39. The summed E-state index contributed by atoms with van der Waals surface area (Å²) in [5.41, 5.74) is 6.79. The Kier molecular flexibility index (Phi) is 1.59. The molecule has 0 N–H and O–H groups in total. The molecule has 0 saturated heterocycles. The van der Waals surface area contributed by atoms with Crippen molar-refractivity contribution < 1.29 is 0 Å². The monoisotopic (exact) mass is 213 g/mol. The average molecular weight is 212 g/mol. The van der Waals surface area contributed by atoms with E-state index >= 15 is 0 Å². The third kappa shape index (κ3) is 1.03. The van der Waals surface area contributed by atoms with Crippen LogP contribution in [0.15, 0.2) is 24.3 Å². The number of benzene rings is 1. The van der Waals surface area contributed by atoms with E-state index in [1.165, 1.54) is 15.6 Å². The first-order valence-corrected chi connectivity index (χ1v) is 6.88. The molecule has 0 amide bonds. The summed E-state index contributed by atoms with van der Waals surface area (Å²) in [7, 11) is 2.15. The molecule has 0 spiro atoms. The van der Waals surface area contributed by atoms with Gasteiger partial charge in [0.25, 0.3) is 0 Å². The van der Waals surface area contributed by atoms with Gasteiger partial charge >= 0.3 is 70.7 Å². The molecule has 11 heavy (non-hydrogen) atoms. The van der Waals surface area contributed by atoms with Crippen LogP contribution in [-0.2, 0) is 0 Å². The van der Waals surface area contributed by atoms with E-state index < -0.39 is 13.5 Å². The molecule has 1 aromatic rings. The molecule has 1 unspecified atom stereocenters. The second-order valence-electron chi connectivity index (χ2n) is 2.79. The Bertz CT molecular complexity index is 306. The van der Waals surface area contributed by atoms with E-state index in [9.17, 15) is 0 Å². The molecule has 1 atom stereocenters. The van der Waals surface area contributed by atoms with Crippen LogP contribution < -0.4 is 9.36 Å². The van der Waals surface area contributed by atoms with Gasteiger partial charge in [-0.05, 0) is 0 Å². The number of para-hydroxylation sites is 1. The predicted octanol–water partition coefficient (Wildman–Crippen LogP) is 0.391. The summed E-state index contributed by atoms with van der Waals surface area (Å²) in [6.07, 6.45) is 0. The third-order valence-electron chi connectivity index (χ3n) is 1.94. The van der Waals surface area contributed by atoms with Crippen molar-refractivity contribution in [1.29, 1.82) is 0 Å². The molecule has 0 aliphatic carbocycles. The first-order chi connectivity index (χ1) is 5.29. The number of rotatable bonds is 0. The molecule has 1 aromatic carbocycles. The Morgan fingerprint density at radius 1 is 1.45 bits per heavy atom. The molecule has 2 heteroatoms. The van der Waals surface area contributed by atoms with Crippen molar-refractivity contribution in [2.75, 3.05) is 17.4 Å². The van der Waals surface area contributed by atoms with Gasteiger partial charge in [0, 0.05) is 0 Å². The maximum absolute atomic E-state index is 4.21. The van der Waals surface area contributed by atoms with Gasteiger partial charge in [0.2, 0.25) is 0 Å². The van der Waals surface area contributed by atoms with E-state index in [0.717, 1.165) is 0 Å². The third-order valence-corrected chi connectivity index (χ3v) is 5.43. The Hall–Kier alpha value is -0.591. The Morgan fingerprint density at radius 3 is 2.91 bits per heavy atom. The molecule has 2 rings (SSSR count). The summed E-state index contributed by atoms with van der Waals surface area (Å²) in [5.74, 6) is 0. The van der Waals surface area contributed by atoms with E-state index in [0.29, 0.717) is 0 Å². The molecular weight excluding hydrogens is 201 g/mol. The molecule has 0 fully saturated rings. The molecule has 1 heterocycles. The SMILES string of the molecule is C=[Se]1CN(C)c2ccccc21. The van der Waals surface area contributed by atoms with Crippen LogP contribution in [0.2, 0.25) is 0 Å². The minimum absolute atomic E-state index is 0.701. The first-order valence-electron chi connectivity index (χ1n) is 3.60. The van der Waals surface area contributed by atoms with E-state index in [2.05, 4.69) is 41.6 Å². The van der Waals surface area contributed by atoms with Crippen molar-refractivity contribution in [2.45, 2.75) is 0 Å². The van der Waals surface area contributed by atoms with E-state index in [1.807, 2.05) is 0 Å². The Balaban J connectivity index is 2.60. The second-order valence-corrected chi connectivity index (χ2v) is 6.32. The van der Waals surface area contributed by atoms with E-state index in [-0.39, 0.29) is 0 Å². The zero-order valence-electron chi connectivity index (χ0n) is 6.58. The van der Waals surface area contributed by atoms with Gasteiger partial charge in [0.15, 0.2) is 0 Å². The van der Waals surface area contributed by atoms with Gasteiger partial charge in [-0.2, -0.15) is 0 Å². The van der Waals surface area contributed by atoms with Crippen LogP contribution in [0.3, 0.4) is 0 Å². The van der Waals surface area contributed by atoms with Gasteiger partial charge in [-0.15, -0.1) is 0 Å². The molecule has 58 valence electrons. The fourth-order valence-corrected chi connectivity index (χ4v) is 4.61. The summed E-state index contributed by atoms with van der Waals surface area (Å²) in [4.78, 5) is 2.31. The number of hydrogen-bond donors (Lipinski definition) is 0. The molecule has 1 nitrogen and oxygen atoms in total. The van der Waals surface area contributed by atoms with Crippen LogP contribution in [-0.4, -0.2) is 31.4 Å². The average Bonchev–Trinajstić information content (AvgIpc) is 2.30. The van der Waals surface area contributed by atoms with Gasteiger partial charge in [-0.3, -0.25) is 0 Å². The molecule has 0 aromatic heterocycles. The normalized spacial score (nSPS) is 21.9. The fraction of sp³-hybridized carbons (Fsp3) is 0.222. The van der Waals surface area contributed by atoms with Crippen LogP contribution in [0.1, 0.15) is 0 Å². The maximum atomic E-state index is 4.21. The number of hydrogen-bond acceptors (Lipinski definition) is 1. The summed E-state index contributed by atoms with van der Waals surface area (Å²) < 4.78 is 1.51. The molecule has 0 bridgehead atoms.